The molecular weight excluding hydrogens is 424 g/mol. The van der Waals surface area contributed by atoms with Crippen molar-refractivity contribution in [3.05, 3.63) is 35.5 Å². The molecule has 0 bridgehead atoms. The van der Waals surface area contributed by atoms with Gasteiger partial charge in [0.25, 0.3) is 0 Å². The average molecular weight is 471 g/mol. The molecule has 0 aromatic heterocycles. The van der Waals surface area contributed by atoms with Gasteiger partial charge in [-0.3, -0.25) is 0 Å². The van der Waals surface area contributed by atoms with Crippen molar-refractivity contribution in [2.45, 2.75) is 105 Å². The number of aliphatic hydroxyl groups is 2. The van der Waals surface area contributed by atoms with Gasteiger partial charge >= 0.3 is 5.97 Å². The van der Waals surface area contributed by atoms with Crippen molar-refractivity contribution in [1.29, 1.82) is 0 Å². The summed E-state index contributed by atoms with van der Waals surface area (Å²) in [6, 6.07) is 0. The molecule has 34 heavy (non-hydrogen) atoms. The molecule has 4 nitrogen and oxygen atoms in total. The molecule has 1 unspecified atom stereocenters. The number of hydrogen-bond donors (Lipinski definition) is 3. The molecule has 4 heteroatoms. The van der Waals surface area contributed by atoms with E-state index in [0.717, 1.165) is 44.9 Å². The van der Waals surface area contributed by atoms with E-state index in [1.54, 1.807) is 13.0 Å². The Bertz CT molecular complexity index is 943. The van der Waals surface area contributed by atoms with Crippen LogP contribution in [0.15, 0.2) is 35.5 Å². The third-order valence-electron chi connectivity index (χ3n) is 11.9. The van der Waals surface area contributed by atoms with E-state index in [1.807, 2.05) is 6.08 Å². The molecule has 3 saturated carbocycles. The lowest BCUT2D eigenvalue weighted by Crippen LogP contribution is -2.67. The van der Waals surface area contributed by atoms with Crippen molar-refractivity contribution >= 4 is 5.97 Å². The van der Waals surface area contributed by atoms with Crippen LogP contribution in [0.5, 0.6) is 0 Å². The van der Waals surface area contributed by atoms with Gasteiger partial charge in [0.1, 0.15) is 0 Å². The monoisotopic (exact) mass is 470 g/mol. The fourth-order valence-corrected chi connectivity index (χ4v) is 8.93. The van der Waals surface area contributed by atoms with Crippen LogP contribution in [0.1, 0.15) is 93.4 Å². The van der Waals surface area contributed by atoms with Gasteiger partial charge in [-0.15, -0.1) is 0 Å². The minimum atomic E-state index is -0.880. The molecule has 0 aromatic carbocycles. The van der Waals surface area contributed by atoms with Crippen molar-refractivity contribution in [2.75, 3.05) is 0 Å². The van der Waals surface area contributed by atoms with Crippen LogP contribution < -0.4 is 0 Å². The van der Waals surface area contributed by atoms with E-state index in [1.165, 1.54) is 5.57 Å². The van der Waals surface area contributed by atoms with Gasteiger partial charge in [-0.05, 0) is 80.0 Å². The predicted octanol–water partition coefficient (Wildman–Crippen LogP) is 6.29. The molecule has 4 rings (SSSR count). The lowest BCUT2D eigenvalue weighted by molar-refractivity contribution is -0.242. The Morgan fingerprint density at radius 3 is 2.41 bits per heavy atom. The summed E-state index contributed by atoms with van der Waals surface area (Å²) < 4.78 is 0. The van der Waals surface area contributed by atoms with Crippen molar-refractivity contribution in [1.82, 2.24) is 0 Å². The Morgan fingerprint density at radius 2 is 1.76 bits per heavy atom. The van der Waals surface area contributed by atoms with Crippen molar-refractivity contribution in [3.8, 4) is 0 Å². The standard InChI is InChI=1S/C30H46O4/c1-19(25(32)33)9-8-10-20(2)27(5)15-13-21-22-11-12-23-26(3,4)24(31)14-16-29(23,7)30(22,34)18-17-28(21,27)6/h8-10,13,20,22-24,31,34H,11-12,14-18H2,1-7H3,(H,32,33)/b10-8-,19-9+/t20-,22?,23+,24-,27+,28-,29+,30-/m1/s1. The fourth-order valence-electron chi connectivity index (χ4n) is 8.93. The van der Waals surface area contributed by atoms with E-state index in [2.05, 4.69) is 53.7 Å². The molecule has 0 aliphatic heterocycles. The maximum Gasteiger partial charge on any atom is 0.331 e. The Balaban J connectivity index is 1.63. The second kappa shape index (κ2) is 8.06. The first-order chi connectivity index (χ1) is 15.6. The molecular formula is C30H46O4. The smallest absolute Gasteiger partial charge is 0.331 e. The molecule has 0 amide bonds. The molecule has 0 saturated heterocycles. The maximum absolute atomic E-state index is 12.5. The van der Waals surface area contributed by atoms with Gasteiger partial charge in [0, 0.05) is 16.9 Å². The van der Waals surface area contributed by atoms with Crippen molar-refractivity contribution in [2.24, 2.45) is 39.4 Å². The van der Waals surface area contributed by atoms with Crippen molar-refractivity contribution < 1.29 is 20.1 Å². The molecule has 3 N–H and O–H groups in total. The number of carboxylic acid groups (broad SMARTS) is 1. The normalized spacial score (nSPS) is 46.9. The van der Waals surface area contributed by atoms with Crippen LogP contribution in [-0.2, 0) is 4.79 Å². The first-order valence-electron chi connectivity index (χ1n) is 13.3. The van der Waals surface area contributed by atoms with Gasteiger partial charge in [0.05, 0.1) is 11.7 Å². The highest BCUT2D eigenvalue weighted by Gasteiger charge is 2.69. The quantitative estimate of drug-likeness (QED) is 0.256. The van der Waals surface area contributed by atoms with E-state index in [9.17, 15) is 15.0 Å². The highest BCUT2D eigenvalue weighted by Crippen LogP contribution is 2.72. The first kappa shape index (κ1) is 25.7. The van der Waals surface area contributed by atoms with Gasteiger partial charge in [-0.25, -0.2) is 4.79 Å². The number of carbonyl (C=O) groups is 1. The predicted molar refractivity (Wildman–Crippen MR) is 136 cm³/mol. The maximum atomic E-state index is 12.5. The first-order valence-corrected chi connectivity index (χ1v) is 13.3. The summed E-state index contributed by atoms with van der Waals surface area (Å²) in [5, 5.41) is 32.4. The van der Waals surface area contributed by atoms with Crippen LogP contribution in [0.4, 0.5) is 0 Å². The third kappa shape index (κ3) is 3.27. The molecule has 8 atom stereocenters. The van der Waals surface area contributed by atoms with Crippen LogP contribution in [0, 0.1) is 39.4 Å². The summed E-state index contributed by atoms with van der Waals surface area (Å²) in [4.78, 5) is 11.1. The minimum Gasteiger partial charge on any atom is -0.478 e. The van der Waals surface area contributed by atoms with E-state index >= 15 is 0 Å². The number of hydrogen-bond acceptors (Lipinski definition) is 3. The summed E-state index contributed by atoms with van der Waals surface area (Å²) in [5.74, 6) is -0.0834. The summed E-state index contributed by atoms with van der Waals surface area (Å²) in [5.41, 5.74) is 0.794. The zero-order chi connectivity index (χ0) is 25.3. The highest BCUT2D eigenvalue weighted by molar-refractivity contribution is 5.86. The number of carboxylic acids is 1. The molecule has 0 aromatic rings. The largest absolute Gasteiger partial charge is 0.478 e. The average Bonchev–Trinajstić information content (AvgIpc) is 3.04. The highest BCUT2D eigenvalue weighted by atomic mass is 16.4. The van der Waals surface area contributed by atoms with Crippen LogP contribution in [-0.4, -0.2) is 33.0 Å². The molecule has 3 fully saturated rings. The van der Waals surface area contributed by atoms with Gasteiger partial charge < -0.3 is 15.3 Å². The molecule has 190 valence electrons. The Labute approximate surface area is 206 Å². The van der Waals surface area contributed by atoms with Crippen LogP contribution in [0.2, 0.25) is 0 Å². The van der Waals surface area contributed by atoms with Gasteiger partial charge in [-0.1, -0.05) is 71.4 Å². The number of aliphatic hydroxyl groups excluding tert-OH is 1. The summed E-state index contributed by atoms with van der Waals surface area (Å²) in [7, 11) is 0. The molecule has 4 aliphatic rings. The zero-order valence-electron chi connectivity index (χ0n) is 22.3. The zero-order valence-corrected chi connectivity index (χ0v) is 22.3. The van der Waals surface area contributed by atoms with Gasteiger partial charge in [0.15, 0.2) is 0 Å². The van der Waals surface area contributed by atoms with E-state index in [0.29, 0.717) is 11.5 Å². The number of rotatable bonds is 4. The second-order valence-corrected chi connectivity index (χ2v) is 13.3. The van der Waals surface area contributed by atoms with E-state index < -0.39 is 11.6 Å². The van der Waals surface area contributed by atoms with E-state index in [-0.39, 0.29) is 39.6 Å². The number of fused-ring (bicyclic) bond motifs is 5. The van der Waals surface area contributed by atoms with Gasteiger partial charge in [-0.2, -0.15) is 0 Å². The molecule has 4 aliphatic carbocycles. The van der Waals surface area contributed by atoms with Crippen LogP contribution in [0.25, 0.3) is 0 Å². The SMILES string of the molecule is C/C(=C\C=C/[C@@H](C)[C@]1(C)CC=C2C3CC[C@H]4C(C)(C)[C@H](O)CC[C@]4(C)[C@@]3(O)CC[C@]21C)C(=O)O. The van der Waals surface area contributed by atoms with Crippen molar-refractivity contribution in [3.63, 3.8) is 0 Å². The lowest BCUT2D eigenvalue weighted by atomic mass is 9.39. The van der Waals surface area contributed by atoms with E-state index in [4.69, 9.17) is 5.11 Å². The minimum absolute atomic E-state index is 0.0199. The van der Waals surface area contributed by atoms with Crippen LogP contribution >= 0.6 is 0 Å². The fraction of sp³-hybridized carbons (Fsp3) is 0.767. The molecule has 0 radical (unpaired) electrons. The van der Waals surface area contributed by atoms with Gasteiger partial charge in [0.2, 0.25) is 0 Å². The molecule has 0 spiro atoms. The second-order valence-electron chi connectivity index (χ2n) is 13.3. The van der Waals surface area contributed by atoms with Crippen LogP contribution in [0.3, 0.4) is 0 Å². The Morgan fingerprint density at radius 1 is 1.09 bits per heavy atom. The Kier molecular flexibility index (Phi) is 6.09. The summed E-state index contributed by atoms with van der Waals surface area (Å²) in [6.07, 6.45) is 14.4. The summed E-state index contributed by atoms with van der Waals surface area (Å²) >= 11 is 0. The number of aliphatic carboxylic acids is 1. The molecule has 0 heterocycles. The number of allylic oxidation sites excluding steroid dienone is 4. The third-order valence-corrected chi connectivity index (χ3v) is 11.9. The Hall–Kier alpha value is -1.39. The summed E-state index contributed by atoms with van der Waals surface area (Å²) in [6.45, 7) is 15.4. The topological polar surface area (TPSA) is 77.8 Å². The lowest BCUT2D eigenvalue weighted by Gasteiger charge is -2.68.